The van der Waals surface area contributed by atoms with Gasteiger partial charge in [-0.05, 0) is 90.8 Å². The summed E-state index contributed by atoms with van der Waals surface area (Å²) in [5.41, 5.74) is 15.2. The van der Waals surface area contributed by atoms with Crippen LogP contribution in [0.2, 0.25) is 0 Å². The molecular formula is C41H24O. The molecule has 1 heteroatoms. The smallest absolute Gasteiger partial charge is 0.135 e. The molecule has 0 saturated carbocycles. The van der Waals surface area contributed by atoms with Gasteiger partial charge in [-0.1, -0.05) is 121 Å². The predicted molar refractivity (Wildman–Crippen MR) is 171 cm³/mol. The summed E-state index contributed by atoms with van der Waals surface area (Å²) in [6.45, 7) is 0. The Hall–Kier alpha value is -5.40. The number of hydrogen-bond donors (Lipinski definition) is 0. The van der Waals surface area contributed by atoms with Crippen LogP contribution in [0, 0.1) is 0 Å². The fraction of sp³-hybridized carbons (Fsp3) is 0.0244. The van der Waals surface area contributed by atoms with Gasteiger partial charge in [0.2, 0.25) is 0 Å². The minimum absolute atomic E-state index is 0.336. The van der Waals surface area contributed by atoms with E-state index in [2.05, 4.69) is 146 Å². The van der Waals surface area contributed by atoms with E-state index in [0.717, 1.165) is 17.1 Å². The predicted octanol–water partition coefficient (Wildman–Crippen LogP) is 10.6. The number of rotatable bonds is 1. The van der Waals surface area contributed by atoms with Crippen LogP contribution in [0.4, 0.5) is 0 Å². The van der Waals surface area contributed by atoms with E-state index in [1.807, 2.05) is 0 Å². The maximum Gasteiger partial charge on any atom is 0.135 e. The van der Waals surface area contributed by atoms with E-state index >= 15 is 0 Å². The molecule has 0 N–H and O–H groups in total. The van der Waals surface area contributed by atoms with Crippen molar-refractivity contribution in [3.63, 3.8) is 0 Å². The van der Waals surface area contributed by atoms with Gasteiger partial charge < -0.3 is 4.74 Å². The summed E-state index contributed by atoms with van der Waals surface area (Å²) < 4.78 is 6.41. The number of fused-ring (bicyclic) bond motifs is 12. The van der Waals surface area contributed by atoms with Crippen LogP contribution in [0.25, 0.3) is 55.3 Å². The topological polar surface area (TPSA) is 9.23 Å². The molecular weight excluding hydrogens is 508 g/mol. The SMILES string of the molecule is c1ccc2c(c1)-c1ccccc1C21c2ccccc2-c2ccc(-c3ccc4c(c3)-c3cccc5cccc(c35)O4)cc21. The third-order valence-electron chi connectivity index (χ3n) is 9.69. The van der Waals surface area contributed by atoms with Gasteiger partial charge in [0.25, 0.3) is 0 Å². The molecule has 0 atom stereocenters. The molecule has 1 heterocycles. The lowest BCUT2D eigenvalue weighted by atomic mass is 9.70. The number of benzene rings is 7. The number of ether oxygens (including phenoxy) is 1. The van der Waals surface area contributed by atoms with E-state index in [-0.39, 0.29) is 5.41 Å². The molecule has 42 heavy (non-hydrogen) atoms. The Morgan fingerprint density at radius 2 is 0.905 bits per heavy atom. The van der Waals surface area contributed by atoms with E-state index in [1.54, 1.807) is 0 Å². The first-order valence-electron chi connectivity index (χ1n) is 14.6. The zero-order valence-corrected chi connectivity index (χ0v) is 22.8. The van der Waals surface area contributed by atoms with Gasteiger partial charge in [0.1, 0.15) is 11.5 Å². The van der Waals surface area contributed by atoms with Crippen molar-refractivity contribution in [1.82, 2.24) is 0 Å². The first-order valence-corrected chi connectivity index (χ1v) is 14.6. The van der Waals surface area contributed by atoms with Crippen LogP contribution >= 0.6 is 0 Å². The zero-order chi connectivity index (χ0) is 27.4. The summed E-state index contributed by atoms with van der Waals surface area (Å²) >= 11 is 0. The third kappa shape index (κ3) is 2.64. The average Bonchev–Trinajstić information content (AvgIpc) is 3.52. The second-order valence-corrected chi connectivity index (χ2v) is 11.6. The minimum Gasteiger partial charge on any atom is -0.456 e. The van der Waals surface area contributed by atoms with Crippen molar-refractivity contribution < 1.29 is 4.74 Å². The Morgan fingerprint density at radius 1 is 0.357 bits per heavy atom. The fourth-order valence-electron chi connectivity index (χ4n) is 8.02. The lowest BCUT2D eigenvalue weighted by Gasteiger charge is -2.30. The molecule has 0 bridgehead atoms. The van der Waals surface area contributed by atoms with Crippen molar-refractivity contribution in [2.75, 3.05) is 0 Å². The van der Waals surface area contributed by atoms with Crippen molar-refractivity contribution in [2.45, 2.75) is 5.41 Å². The minimum atomic E-state index is -0.336. The Bertz CT molecular complexity index is 2220. The number of hydrogen-bond acceptors (Lipinski definition) is 1. The molecule has 3 aliphatic rings. The lowest BCUT2D eigenvalue weighted by molar-refractivity contribution is 0.487. The summed E-state index contributed by atoms with van der Waals surface area (Å²) in [4.78, 5) is 0. The Morgan fingerprint density at radius 3 is 1.60 bits per heavy atom. The van der Waals surface area contributed by atoms with Gasteiger partial charge in [-0.2, -0.15) is 0 Å². The normalized spacial score (nSPS) is 14.1. The molecule has 0 aromatic heterocycles. The molecule has 7 aromatic carbocycles. The monoisotopic (exact) mass is 532 g/mol. The van der Waals surface area contributed by atoms with Gasteiger partial charge in [-0.15, -0.1) is 0 Å². The Labute approximate surface area is 244 Å². The van der Waals surface area contributed by atoms with Crippen LogP contribution in [0.3, 0.4) is 0 Å². The van der Waals surface area contributed by atoms with E-state index in [1.165, 1.54) is 72.0 Å². The summed E-state index contributed by atoms with van der Waals surface area (Å²) in [5.74, 6) is 1.84. The molecule has 10 rings (SSSR count). The highest BCUT2D eigenvalue weighted by atomic mass is 16.5. The summed E-state index contributed by atoms with van der Waals surface area (Å²) in [5, 5.41) is 2.39. The molecule has 7 aromatic rings. The molecule has 2 aliphatic carbocycles. The molecule has 194 valence electrons. The quantitative estimate of drug-likeness (QED) is 0.204. The Balaban J connectivity index is 1.23. The van der Waals surface area contributed by atoms with Gasteiger partial charge in [0, 0.05) is 10.9 Å². The fourth-order valence-corrected chi connectivity index (χ4v) is 8.02. The van der Waals surface area contributed by atoms with E-state index in [4.69, 9.17) is 4.74 Å². The Kier molecular flexibility index (Phi) is 4.18. The van der Waals surface area contributed by atoms with Gasteiger partial charge in [-0.25, -0.2) is 0 Å². The molecule has 0 saturated heterocycles. The van der Waals surface area contributed by atoms with Gasteiger partial charge in [0.15, 0.2) is 0 Å². The average molecular weight is 533 g/mol. The maximum atomic E-state index is 6.41. The van der Waals surface area contributed by atoms with Crippen molar-refractivity contribution in [1.29, 1.82) is 0 Å². The summed E-state index contributed by atoms with van der Waals surface area (Å²) in [6.07, 6.45) is 0. The van der Waals surface area contributed by atoms with Crippen molar-refractivity contribution in [3.05, 3.63) is 168 Å². The molecule has 0 unspecified atom stereocenters. The highest BCUT2D eigenvalue weighted by Crippen LogP contribution is 2.63. The summed E-state index contributed by atoms with van der Waals surface area (Å²) in [6, 6.07) is 53.5. The highest BCUT2D eigenvalue weighted by molar-refractivity contribution is 6.04. The second kappa shape index (κ2) is 7.87. The van der Waals surface area contributed by atoms with Gasteiger partial charge >= 0.3 is 0 Å². The molecule has 1 spiro atoms. The van der Waals surface area contributed by atoms with Crippen LogP contribution in [0.15, 0.2) is 146 Å². The molecule has 0 fully saturated rings. The first kappa shape index (κ1) is 22.3. The van der Waals surface area contributed by atoms with Gasteiger partial charge in [-0.3, -0.25) is 0 Å². The van der Waals surface area contributed by atoms with Crippen molar-refractivity contribution in [3.8, 4) is 56.0 Å². The molecule has 0 radical (unpaired) electrons. The largest absolute Gasteiger partial charge is 0.456 e. The molecule has 0 amide bonds. The zero-order valence-electron chi connectivity index (χ0n) is 22.8. The van der Waals surface area contributed by atoms with Crippen LogP contribution in [0.5, 0.6) is 11.5 Å². The van der Waals surface area contributed by atoms with Gasteiger partial charge in [0.05, 0.1) is 5.41 Å². The molecule has 1 aliphatic heterocycles. The van der Waals surface area contributed by atoms with Crippen LogP contribution in [-0.2, 0) is 5.41 Å². The van der Waals surface area contributed by atoms with E-state index < -0.39 is 0 Å². The van der Waals surface area contributed by atoms with Crippen LogP contribution in [-0.4, -0.2) is 0 Å². The van der Waals surface area contributed by atoms with Crippen molar-refractivity contribution in [2.24, 2.45) is 0 Å². The van der Waals surface area contributed by atoms with E-state index in [9.17, 15) is 0 Å². The van der Waals surface area contributed by atoms with Crippen LogP contribution < -0.4 is 4.74 Å². The van der Waals surface area contributed by atoms with Crippen molar-refractivity contribution >= 4 is 10.8 Å². The maximum absolute atomic E-state index is 6.41. The molecule has 1 nitrogen and oxygen atoms in total. The highest BCUT2D eigenvalue weighted by Gasteiger charge is 2.51. The third-order valence-corrected chi connectivity index (χ3v) is 9.69. The standard InChI is InChI=1S/C41H24O/c1-4-15-34-28(11-1)29-12-2-5-16-35(29)41(34)36-17-6-3-13-30(36)31-21-19-27(24-37(31)41)26-20-22-38-33(23-26)32-14-7-9-25-10-8-18-39(42-38)40(25)32/h1-24H. The second-order valence-electron chi connectivity index (χ2n) is 11.6. The van der Waals surface area contributed by atoms with E-state index in [0.29, 0.717) is 0 Å². The lowest BCUT2D eigenvalue weighted by Crippen LogP contribution is -2.25. The van der Waals surface area contributed by atoms with Crippen LogP contribution in [0.1, 0.15) is 22.3 Å². The first-order chi connectivity index (χ1) is 20.8. The summed E-state index contributed by atoms with van der Waals surface area (Å²) in [7, 11) is 0.